The van der Waals surface area contributed by atoms with Crippen LogP contribution in [0.15, 0.2) is 114 Å². The van der Waals surface area contributed by atoms with Gasteiger partial charge in [-0.1, -0.05) is 74.0 Å². The lowest BCUT2D eigenvalue weighted by molar-refractivity contribution is 0.0791. The summed E-state index contributed by atoms with van der Waals surface area (Å²) >= 11 is 0. The monoisotopic (exact) mass is 629 g/mol. The quantitative estimate of drug-likeness (QED) is 0.133. The van der Waals surface area contributed by atoms with E-state index in [-0.39, 0.29) is 30.1 Å². The summed E-state index contributed by atoms with van der Waals surface area (Å²) in [5, 5.41) is 17.4. The lowest BCUT2D eigenvalue weighted by Crippen LogP contribution is -2.68. The molecule has 1 heterocycles. The van der Waals surface area contributed by atoms with Crippen molar-refractivity contribution in [2.45, 2.75) is 55.9 Å². The molecule has 0 bridgehead atoms. The van der Waals surface area contributed by atoms with Gasteiger partial charge in [-0.2, -0.15) is 4.31 Å². The van der Waals surface area contributed by atoms with Crippen molar-refractivity contribution >= 4 is 15.7 Å². The van der Waals surface area contributed by atoms with E-state index in [9.17, 15) is 13.5 Å². The summed E-state index contributed by atoms with van der Waals surface area (Å²) in [5.41, 5.74) is 3.07. The Kier molecular flexibility index (Phi) is 11.5. The molecule has 1 saturated heterocycles. The summed E-state index contributed by atoms with van der Waals surface area (Å²) in [4.78, 5) is 0.282. The second-order valence-electron chi connectivity index (χ2n) is 11.4. The summed E-state index contributed by atoms with van der Waals surface area (Å²) < 4.78 is 40.5. The van der Waals surface area contributed by atoms with Crippen molar-refractivity contribution in [2.24, 2.45) is 0 Å². The first-order valence-corrected chi connectivity index (χ1v) is 17.1. The third-order valence-corrected chi connectivity index (χ3v) is 9.85. The van der Waals surface area contributed by atoms with Crippen molar-refractivity contribution in [2.75, 3.05) is 31.6 Å². The lowest BCUT2D eigenvalue weighted by atomic mass is 9.93. The Morgan fingerprint density at radius 2 is 1.47 bits per heavy atom. The molecule has 3 N–H and O–H groups in total. The van der Waals surface area contributed by atoms with Gasteiger partial charge in [0.25, 0.3) is 0 Å². The van der Waals surface area contributed by atoms with Crippen LogP contribution in [0, 0.1) is 0 Å². The Morgan fingerprint density at radius 1 is 0.844 bits per heavy atom. The summed E-state index contributed by atoms with van der Waals surface area (Å²) in [6.45, 7) is 4.19. The number of rotatable bonds is 17. The minimum Gasteiger partial charge on any atom is -0.491 e. The van der Waals surface area contributed by atoms with Gasteiger partial charge in [0.05, 0.1) is 4.90 Å². The third-order valence-electron chi connectivity index (χ3n) is 7.95. The van der Waals surface area contributed by atoms with Gasteiger partial charge in [-0.15, -0.1) is 0 Å². The number of nitrogens with one attached hydrogen (secondary N) is 2. The summed E-state index contributed by atoms with van der Waals surface area (Å²) in [5.74, 6) is 1.37. The van der Waals surface area contributed by atoms with E-state index in [2.05, 4.69) is 17.6 Å². The van der Waals surface area contributed by atoms with Crippen LogP contribution in [-0.2, 0) is 23.1 Å². The summed E-state index contributed by atoms with van der Waals surface area (Å²) in [6, 6.07) is 33.8. The molecule has 3 unspecified atom stereocenters. The highest BCUT2D eigenvalue weighted by Crippen LogP contribution is 2.30. The van der Waals surface area contributed by atoms with Crippen LogP contribution in [0.5, 0.6) is 11.5 Å². The van der Waals surface area contributed by atoms with Crippen LogP contribution in [0.25, 0.3) is 0 Å². The van der Waals surface area contributed by atoms with Gasteiger partial charge >= 0.3 is 0 Å². The Morgan fingerprint density at radius 3 is 2.11 bits per heavy atom. The molecular weight excluding hydrogens is 586 g/mol. The number of aliphatic hydroxyl groups excluding tert-OH is 1. The molecule has 0 aliphatic carbocycles. The second-order valence-corrected chi connectivity index (χ2v) is 13.3. The number of sulfonamides is 1. The van der Waals surface area contributed by atoms with Crippen LogP contribution < -0.4 is 20.1 Å². The van der Waals surface area contributed by atoms with Crippen LogP contribution >= 0.6 is 0 Å². The van der Waals surface area contributed by atoms with Crippen molar-refractivity contribution < 1.29 is 23.0 Å². The first-order chi connectivity index (χ1) is 21.9. The normalized spacial score (nSPS) is 17.3. The second kappa shape index (κ2) is 15.9. The van der Waals surface area contributed by atoms with E-state index in [1.54, 1.807) is 16.4 Å². The molecule has 9 heteroatoms. The predicted octanol–water partition coefficient (Wildman–Crippen LogP) is 5.49. The van der Waals surface area contributed by atoms with Crippen molar-refractivity contribution in [3.05, 3.63) is 120 Å². The molecule has 0 spiro atoms. The Labute approximate surface area is 267 Å². The number of nitrogens with zero attached hydrogens (tertiary/aromatic N) is 1. The molecule has 0 radical (unpaired) electrons. The van der Waals surface area contributed by atoms with Gasteiger partial charge in [0.2, 0.25) is 10.0 Å². The molecule has 5 rings (SSSR count). The lowest BCUT2D eigenvalue weighted by Gasteiger charge is -2.47. The van der Waals surface area contributed by atoms with E-state index in [0.717, 1.165) is 42.0 Å². The van der Waals surface area contributed by atoms with Crippen LogP contribution in [0.2, 0.25) is 0 Å². The van der Waals surface area contributed by atoms with Crippen molar-refractivity contribution in [3.63, 3.8) is 0 Å². The number of ether oxygens (including phenoxy) is 2. The number of benzene rings is 4. The van der Waals surface area contributed by atoms with E-state index < -0.39 is 16.1 Å². The highest BCUT2D eigenvalue weighted by molar-refractivity contribution is 7.89. The maximum Gasteiger partial charge on any atom is 0.243 e. The molecule has 45 heavy (non-hydrogen) atoms. The van der Waals surface area contributed by atoms with Crippen molar-refractivity contribution in [1.29, 1.82) is 0 Å². The average Bonchev–Trinajstić information content (AvgIpc) is 3.06. The van der Waals surface area contributed by atoms with Gasteiger partial charge in [0.1, 0.15) is 30.8 Å². The highest BCUT2D eigenvalue weighted by atomic mass is 32.2. The van der Waals surface area contributed by atoms with E-state index in [1.807, 2.05) is 97.1 Å². The molecule has 0 saturated carbocycles. The zero-order valence-corrected chi connectivity index (χ0v) is 26.5. The molecule has 4 aromatic rings. The van der Waals surface area contributed by atoms with Crippen molar-refractivity contribution in [3.8, 4) is 11.5 Å². The van der Waals surface area contributed by atoms with Crippen molar-refractivity contribution in [1.82, 2.24) is 9.62 Å². The molecule has 1 aliphatic rings. The van der Waals surface area contributed by atoms with Crippen LogP contribution in [0.3, 0.4) is 0 Å². The Hall–Kier alpha value is -3.89. The van der Waals surface area contributed by atoms with E-state index in [4.69, 9.17) is 9.47 Å². The van der Waals surface area contributed by atoms with Crippen LogP contribution in [-0.4, -0.2) is 62.3 Å². The van der Waals surface area contributed by atoms with Gasteiger partial charge in [-0.05, 0) is 72.5 Å². The number of hydrogen-bond donors (Lipinski definition) is 3. The third kappa shape index (κ3) is 9.08. The zero-order chi connectivity index (χ0) is 31.5. The topological polar surface area (TPSA) is 100 Å². The first-order valence-electron chi connectivity index (χ1n) is 15.6. The van der Waals surface area contributed by atoms with Gasteiger partial charge in [0, 0.05) is 37.4 Å². The summed E-state index contributed by atoms with van der Waals surface area (Å²) in [6.07, 6.45) is 1.95. The largest absolute Gasteiger partial charge is 0.491 e. The van der Waals surface area contributed by atoms with E-state index >= 15 is 0 Å². The highest BCUT2D eigenvalue weighted by Gasteiger charge is 2.46. The molecule has 1 fully saturated rings. The molecule has 8 nitrogen and oxygen atoms in total. The average molecular weight is 630 g/mol. The van der Waals surface area contributed by atoms with Gasteiger partial charge in [-0.3, -0.25) is 0 Å². The van der Waals surface area contributed by atoms with E-state index in [1.165, 1.54) is 0 Å². The smallest absolute Gasteiger partial charge is 0.243 e. The fourth-order valence-corrected chi connectivity index (χ4v) is 6.98. The Bertz CT molecular complexity index is 1550. The number of hydrogen-bond acceptors (Lipinski definition) is 7. The SMILES string of the molecule is CCCCNc1ccc(S(=O)(=O)N2CC(NCC(O)COc3ccc(OCc4ccccc4)cc3)C2Cc2ccccc2)cc1. The van der Waals surface area contributed by atoms with Gasteiger partial charge < -0.3 is 25.2 Å². The zero-order valence-electron chi connectivity index (χ0n) is 25.7. The van der Waals surface area contributed by atoms with E-state index in [0.29, 0.717) is 25.3 Å². The van der Waals surface area contributed by atoms with Crippen LogP contribution in [0.1, 0.15) is 30.9 Å². The fraction of sp³-hybridized carbons (Fsp3) is 0.333. The van der Waals surface area contributed by atoms with Gasteiger partial charge in [0.15, 0.2) is 0 Å². The molecule has 238 valence electrons. The minimum atomic E-state index is -3.69. The number of unbranched alkanes of at least 4 members (excludes halogenated alkanes) is 1. The number of aliphatic hydroxyl groups is 1. The summed E-state index contributed by atoms with van der Waals surface area (Å²) in [7, 11) is -3.69. The molecule has 4 aromatic carbocycles. The molecule has 3 atom stereocenters. The standard InChI is InChI=1S/C36H43N3O5S/c1-2-3-22-37-30-14-20-34(21-15-30)45(41,42)39-25-35(36(39)23-28-10-6-4-7-11-28)38-24-31(40)27-44-33-18-16-32(17-19-33)43-26-29-12-8-5-9-13-29/h4-21,31,35-38,40H,2-3,22-27H2,1H3. The first kappa shape index (κ1) is 32.5. The molecule has 1 aliphatic heterocycles. The predicted molar refractivity (Wildman–Crippen MR) is 178 cm³/mol. The molecule has 0 amide bonds. The van der Waals surface area contributed by atoms with Gasteiger partial charge in [-0.25, -0.2) is 8.42 Å². The number of anilines is 1. The maximum atomic E-state index is 13.7. The Balaban J connectivity index is 1.13. The minimum absolute atomic E-state index is 0.105. The van der Waals surface area contributed by atoms with Crippen LogP contribution in [0.4, 0.5) is 5.69 Å². The molecular formula is C36H43N3O5S. The molecule has 0 aromatic heterocycles. The fourth-order valence-electron chi connectivity index (χ4n) is 5.29. The maximum absolute atomic E-state index is 13.7.